The summed E-state index contributed by atoms with van der Waals surface area (Å²) >= 11 is 0. The minimum atomic E-state index is -3.68. The summed E-state index contributed by atoms with van der Waals surface area (Å²) in [5.74, 6) is -1.08. The van der Waals surface area contributed by atoms with Crippen LogP contribution in [-0.2, 0) is 14.8 Å². The van der Waals surface area contributed by atoms with Crippen LogP contribution in [0.5, 0.6) is 0 Å². The second-order valence-corrected chi connectivity index (χ2v) is 8.67. The number of sulfonamides is 1. The Kier molecular flexibility index (Phi) is 6.07. The molecule has 2 aromatic carbocycles. The maximum Gasteiger partial charge on any atom is 0.282 e. The SMILES string of the molecule is C[C@@H](C(=O)Nc1ccc(F)cc1)[NH+]1CCN(S(=O)(=O)c2ccc(F)cc2)CC1. The van der Waals surface area contributed by atoms with Crippen molar-refractivity contribution >= 4 is 21.6 Å². The number of carbonyl (C=O) groups excluding carboxylic acids is 1. The van der Waals surface area contributed by atoms with Crippen molar-refractivity contribution in [1.82, 2.24) is 4.31 Å². The average molecular weight is 410 g/mol. The third-order valence-corrected chi connectivity index (χ3v) is 6.85. The predicted molar refractivity (Wildman–Crippen MR) is 100 cm³/mol. The topological polar surface area (TPSA) is 70.9 Å². The van der Waals surface area contributed by atoms with Crippen molar-refractivity contribution in [2.45, 2.75) is 17.9 Å². The fourth-order valence-corrected chi connectivity index (χ4v) is 4.61. The molecular formula is C19H22F2N3O3S+. The summed E-state index contributed by atoms with van der Waals surface area (Å²) in [6, 6.07) is 9.88. The molecule has 3 rings (SSSR count). The first-order valence-electron chi connectivity index (χ1n) is 8.94. The zero-order valence-electron chi connectivity index (χ0n) is 15.4. The molecule has 0 aromatic heterocycles. The van der Waals surface area contributed by atoms with E-state index in [2.05, 4.69) is 5.32 Å². The van der Waals surface area contributed by atoms with Gasteiger partial charge in [-0.05, 0) is 55.5 Å². The van der Waals surface area contributed by atoms with Crippen LogP contribution in [0.2, 0.25) is 0 Å². The Balaban J connectivity index is 1.58. The molecule has 6 nitrogen and oxygen atoms in total. The quantitative estimate of drug-likeness (QED) is 0.769. The first-order valence-corrected chi connectivity index (χ1v) is 10.4. The molecule has 2 N–H and O–H groups in total. The minimum Gasteiger partial charge on any atom is -0.323 e. The number of halogens is 2. The third kappa shape index (κ3) is 4.54. The van der Waals surface area contributed by atoms with Gasteiger partial charge in [-0.3, -0.25) is 4.79 Å². The van der Waals surface area contributed by atoms with Gasteiger partial charge in [-0.15, -0.1) is 0 Å². The van der Waals surface area contributed by atoms with Crippen LogP contribution in [0.3, 0.4) is 0 Å². The Hall–Kier alpha value is -2.36. The van der Waals surface area contributed by atoms with E-state index >= 15 is 0 Å². The van der Waals surface area contributed by atoms with Gasteiger partial charge in [0.25, 0.3) is 5.91 Å². The van der Waals surface area contributed by atoms with Crippen molar-refractivity contribution < 1.29 is 26.9 Å². The number of amides is 1. The zero-order chi connectivity index (χ0) is 20.3. The lowest BCUT2D eigenvalue weighted by atomic mass is 10.2. The van der Waals surface area contributed by atoms with Gasteiger partial charge in [-0.2, -0.15) is 4.31 Å². The number of hydrogen-bond acceptors (Lipinski definition) is 3. The number of rotatable bonds is 5. The molecule has 0 spiro atoms. The molecule has 0 saturated carbocycles. The molecule has 9 heteroatoms. The molecule has 0 radical (unpaired) electrons. The summed E-state index contributed by atoms with van der Waals surface area (Å²) in [4.78, 5) is 13.5. The molecule has 0 unspecified atom stereocenters. The van der Waals surface area contributed by atoms with Crippen molar-refractivity contribution in [3.05, 3.63) is 60.2 Å². The fourth-order valence-electron chi connectivity index (χ4n) is 3.17. The van der Waals surface area contributed by atoms with Crippen LogP contribution < -0.4 is 10.2 Å². The molecule has 28 heavy (non-hydrogen) atoms. The van der Waals surface area contributed by atoms with Gasteiger partial charge >= 0.3 is 0 Å². The number of benzene rings is 2. The van der Waals surface area contributed by atoms with Gasteiger partial charge in [0, 0.05) is 5.69 Å². The van der Waals surface area contributed by atoms with Crippen LogP contribution in [0, 0.1) is 11.6 Å². The predicted octanol–water partition coefficient (Wildman–Crippen LogP) is 0.881. The zero-order valence-corrected chi connectivity index (χ0v) is 16.2. The summed E-state index contributed by atoms with van der Waals surface area (Å²) in [5, 5.41) is 2.74. The summed E-state index contributed by atoms with van der Waals surface area (Å²) in [6.07, 6.45) is 0. The lowest BCUT2D eigenvalue weighted by Crippen LogP contribution is -3.19. The van der Waals surface area contributed by atoms with Gasteiger partial charge in [0.15, 0.2) is 6.04 Å². The highest BCUT2D eigenvalue weighted by Gasteiger charge is 2.34. The van der Waals surface area contributed by atoms with E-state index in [-0.39, 0.29) is 35.8 Å². The molecular weight excluding hydrogens is 388 g/mol. The molecule has 1 atom stereocenters. The smallest absolute Gasteiger partial charge is 0.282 e. The second kappa shape index (κ2) is 8.34. The van der Waals surface area contributed by atoms with Crippen LogP contribution in [0.1, 0.15) is 6.92 Å². The van der Waals surface area contributed by atoms with Crippen molar-refractivity contribution in [1.29, 1.82) is 0 Å². The van der Waals surface area contributed by atoms with E-state index in [0.717, 1.165) is 17.0 Å². The van der Waals surface area contributed by atoms with Gasteiger partial charge in [0.05, 0.1) is 31.1 Å². The molecule has 1 heterocycles. The Morgan fingerprint density at radius 3 is 2.04 bits per heavy atom. The van der Waals surface area contributed by atoms with Crippen LogP contribution in [0.15, 0.2) is 53.4 Å². The van der Waals surface area contributed by atoms with E-state index in [0.29, 0.717) is 18.8 Å². The largest absolute Gasteiger partial charge is 0.323 e. The van der Waals surface area contributed by atoms with Gasteiger partial charge in [-0.1, -0.05) is 0 Å². The summed E-state index contributed by atoms with van der Waals surface area (Å²) in [6.45, 7) is 3.25. The average Bonchev–Trinajstić information content (AvgIpc) is 2.69. The highest BCUT2D eigenvalue weighted by atomic mass is 32.2. The number of nitrogens with one attached hydrogen (secondary N) is 2. The number of quaternary nitrogens is 1. The normalized spacial score (nSPS) is 17.2. The van der Waals surface area contributed by atoms with Gasteiger partial charge in [0.2, 0.25) is 10.0 Å². The van der Waals surface area contributed by atoms with Crippen LogP contribution in [0.25, 0.3) is 0 Å². The molecule has 2 aromatic rings. The minimum absolute atomic E-state index is 0.0550. The summed E-state index contributed by atoms with van der Waals surface area (Å²) < 4.78 is 52.7. The first kappa shape index (κ1) is 20.4. The van der Waals surface area contributed by atoms with Crippen LogP contribution in [0.4, 0.5) is 14.5 Å². The van der Waals surface area contributed by atoms with E-state index in [1.54, 1.807) is 6.92 Å². The first-order chi connectivity index (χ1) is 13.3. The van der Waals surface area contributed by atoms with E-state index in [9.17, 15) is 22.0 Å². The summed E-state index contributed by atoms with van der Waals surface area (Å²) in [5.41, 5.74) is 0.509. The van der Waals surface area contributed by atoms with E-state index in [4.69, 9.17) is 0 Å². The molecule has 0 bridgehead atoms. The molecule has 1 fully saturated rings. The Bertz CT molecular complexity index is 926. The highest BCUT2D eigenvalue weighted by Crippen LogP contribution is 2.16. The number of carbonyl (C=O) groups is 1. The maximum absolute atomic E-state index is 13.0. The Morgan fingerprint density at radius 1 is 1.00 bits per heavy atom. The number of anilines is 1. The van der Waals surface area contributed by atoms with Crippen molar-refractivity contribution in [3.63, 3.8) is 0 Å². The molecule has 1 aliphatic rings. The number of piperazine rings is 1. The fraction of sp³-hybridized carbons (Fsp3) is 0.316. The second-order valence-electron chi connectivity index (χ2n) is 6.73. The molecule has 1 aliphatic heterocycles. The van der Waals surface area contributed by atoms with Crippen LogP contribution in [-0.4, -0.2) is 50.9 Å². The van der Waals surface area contributed by atoms with Gasteiger partial charge in [-0.25, -0.2) is 17.2 Å². The molecule has 0 aliphatic carbocycles. The lowest BCUT2D eigenvalue weighted by molar-refractivity contribution is -0.917. The van der Waals surface area contributed by atoms with E-state index in [1.807, 2.05) is 0 Å². The van der Waals surface area contributed by atoms with Crippen LogP contribution >= 0.6 is 0 Å². The van der Waals surface area contributed by atoms with Crippen molar-refractivity contribution in [2.24, 2.45) is 0 Å². The van der Waals surface area contributed by atoms with Gasteiger partial charge in [0.1, 0.15) is 11.6 Å². The number of hydrogen-bond donors (Lipinski definition) is 2. The van der Waals surface area contributed by atoms with Gasteiger partial charge < -0.3 is 10.2 Å². The summed E-state index contributed by atoms with van der Waals surface area (Å²) in [7, 11) is -3.68. The molecule has 150 valence electrons. The molecule has 1 amide bonds. The maximum atomic E-state index is 13.0. The lowest BCUT2D eigenvalue weighted by Gasteiger charge is -2.34. The van der Waals surface area contributed by atoms with Crippen molar-refractivity contribution in [2.75, 3.05) is 31.5 Å². The third-order valence-electron chi connectivity index (χ3n) is 4.93. The highest BCUT2D eigenvalue weighted by molar-refractivity contribution is 7.89. The monoisotopic (exact) mass is 410 g/mol. The standard InChI is InChI=1S/C19H21F2N3O3S/c1-14(19(25)22-17-6-2-15(20)3-7-17)23-10-12-24(13-11-23)28(26,27)18-8-4-16(21)5-9-18/h2-9,14H,10-13H2,1H3,(H,22,25)/p+1/t14-/m0/s1. The van der Waals surface area contributed by atoms with Crippen molar-refractivity contribution in [3.8, 4) is 0 Å². The molecule has 1 saturated heterocycles. The Morgan fingerprint density at radius 2 is 1.50 bits per heavy atom. The Labute approximate surface area is 162 Å². The number of nitrogens with zero attached hydrogens (tertiary/aromatic N) is 1. The van der Waals surface area contributed by atoms with E-state index in [1.165, 1.54) is 40.7 Å². The van der Waals surface area contributed by atoms with E-state index < -0.39 is 15.8 Å².